The molecule has 0 aliphatic heterocycles. The lowest BCUT2D eigenvalue weighted by molar-refractivity contribution is 0.170. The van der Waals surface area contributed by atoms with E-state index in [1.54, 1.807) is 7.11 Å². The van der Waals surface area contributed by atoms with Gasteiger partial charge in [-0.2, -0.15) is 0 Å². The number of nitrogens with one attached hydrogen (secondary N) is 1. The Morgan fingerprint density at radius 1 is 1.15 bits per heavy atom. The van der Waals surface area contributed by atoms with Crippen molar-refractivity contribution in [1.82, 2.24) is 5.32 Å². The van der Waals surface area contributed by atoms with Crippen LogP contribution < -0.4 is 5.32 Å². The first-order valence-electron chi connectivity index (χ1n) is 7.81. The summed E-state index contributed by atoms with van der Waals surface area (Å²) in [6.45, 7) is 13.1. The fourth-order valence-electron chi connectivity index (χ4n) is 3.04. The molecule has 0 bridgehead atoms. The summed E-state index contributed by atoms with van der Waals surface area (Å²) < 4.78 is 5.25. The molecule has 0 aliphatic carbocycles. The number of hydrogen-bond donors (Lipinski definition) is 1. The first-order valence-corrected chi connectivity index (χ1v) is 7.81. The third-order valence-electron chi connectivity index (χ3n) is 4.01. The van der Waals surface area contributed by atoms with Crippen LogP contribution in [-0.2, 0) is 4.74 Å². The lowest BCUT2D eigenvalue weighted by atomic mass is 9.86. The number of ether oxygens (including phenoxy) is 1. The summed E-state index contributed by atoms with van der Waals surface area (Å²) in [6, 6.07) is 5.02. The van der Waals surface area contributed by atoms with Crippen LogP contribution in [0.1, 0.15) is 55.0 Å². The van der Waals surface area contributed by atoms with Crippen LogP contribution in [0.3, 0.4) is 0 Å². The van der Waals surface area contributed by atoms with Crippen LogP contribution in [0, 0.1) is 26.7 Å². The van der Waals surface area contributed by atoms with Crippen LogP contribution in [-0.4, -0.2) is 20.3 Å². The monoisotopic (exact) mass is 277 g/mol. The van der Waals surface area contributed by atoms with Crippen LogP contribution in [0.25, 0.3) is 0 Å². The van der Waals surface area contributed by atoms with Crippen LogP contribution in [0.5, 0.6) is 0 Å². The Morgan fingerprint density at radius 2 is 1.75 bits per heavy atom. The lowest BCUT2D eigenvalue weighted by Crippen LogP contribution is -2.29. The third kappa shape index (κ3) is 4.60. The Labute approximate surface area is 124 Å². The van der Waals surface area contributed by atoms with Crippen LogP contribution in [0.15, 0.2) is 12.1 Å². The summed E-state index contributed by atoms with van der Waals surface area (Å²) in [5.41, 5.74) is 5.64. The maximum Gasteiger partial charge on any atom is 0.0465 e. The quantitative estimate of drug-likeness (QED) is 0.764. The molecule has 1 aromatic rings. The fourth-order valence-corrected chi connectivity index (χ4v) is 3.04. The summed E-state index contributed by atoms with van der Waals surface area (Å²) in [7, 11) is 1.78. The molecule has 2 heteroatoms. The van der Waals surface area contributed by atoms with Gasteiger partial charge in [-0.05, 0) is 62.8 Å². The van der Waals surface area contributed by atoms with Crippen molar-refractivity contribution >= 4 is 0 Å². The van der Waals surface area contributed by atoms with Crippen molar-refractivity contribution in [2.24, 2.45) is 5.92 Å². The number of aryl methyl sites for hydroxylation is 3. The van der Waals surface area contributed by atoms with E-state index >= 15 is 0 Å². The molecule has 2 unspecified atom stereocenters. The molecule has 0 radical (unpaired) electrons. The van der Waals surface area contributed by atoms with Crippen LogP contribution in [0.4, 0.5) is 0 Å². The molecule has 0 saturated heterocycles. The van der Waals surface area contributed by atoms with Crippen LogP contribution in [0.2, 0.25) is 0 Å². The second-order valence-corrected chi connectivity index (χ2v) is 6.00. The SMILES string of the molecule is CCCNC(c1c(C)cc(C)cc1C)C(C)CCOC. The van der Waals surface area contributed by atoms with E-state index in [-0.39, 0.29) is 0 Å². The van der Waals surface area contributed by atoms with Gasteiger partial charge in [0.15, 0.2) is 0 Å². The molecule has 20 heavy (non-hydrogen) atoms. The minimum absolute atomic E-state index is 0.422. The van der Waals surface area contributed by atoms with Gasteiger partial charge in [0, 0.05) is 19.8 Å². The molecular formula is C18H31NO. The molecule has 114 valence electrons. The third-order valence-corrected chi connectivity index (χ3v) is 4.01. The molecule has 2 nitrogen and oxygen atoms in total. The van der Waals surface area contributed by atoms with Crippen molar-refractivity contribution in [2.75, 3.05) is 20.3 Å². The first-order chi connectivity index (χ1) is 9.51. The summed E-state index contributed by atoms with van der Waals surface area (Å²) in [5.74, 6) is 0.571. The largest absolute Gasteiger partial charge is 0.385 e. The summed E-state index contributed by atoms with van der Waals surface area (Å²) in [5, 5.41) is 3.74. The van der Waals surface area contributed by atoms with E-state index in [1.807, 2.05) is 0 Å². The maximum absolute atomic E-state index is 5.25. The maximum atomic E-state index is 5.25. The number of hydrogen-bond acceptors (Lipinski definition) is 2. The summed E-state index contributed by atoms with van der Waals surface area (Å²) >= 11 is 0. The molecule has 0 aromatic heterocycles. The molecule has 0 spiro atoms. The van der Waals surface area contributed by atoms with Gasteiger partial charge in [-0.3, -0.25) is 0 Å². The van der Waals surface area contributed by atoms with E-state index in [4.69, 9.17) is 4.74 Å². The molecule has 0 saturated carbocycles. The van der Waals surface area contributed by atoms with Crippen molar-refractivity contribution in [2.45, 2.75) is 53.5 Å². The molecule has 2 atom stereocenters. The second kappa shape index (κ2) is 8.43. The zero-order chi connectivity index (χ0) is 15.1. The van der Waals surface area contributed by atoms with E-state index in [0.717, 1.165) is 26.0 Å². The summed E-state index contributed by atoms with van der Waals surface area (Å²) in [6.07, 6.45) is 2.25. The number of rotatable bonds is 8. The molecule has 1 rings (SSSR count). The predicted molar refractivity (Wildman–Crippen MR) is 87.3 cm³/mol. The summed E-state index contributed by atoms with van der Waals surface area (Å²) in [4.78, 5) is 0. The Morgan fingerprint density at radius 3 is 2.25 bits per heavy atom. The molecule has 1 N–H and O–H groups in total. The number of methoxy groups -OCH3 is 1. The van der Waals surface area contributed by atoms with E-state index in [0.29, 0.717) is 12.0 Å². The molecule has 0 aliphatic rings. The Bertz CT molecular complexity index is 391. The Balaban J connectivity index is 3.03. The standard InChI is InChI=1S/C18H31NO/c1-7-9-19-18(14(3)8-10-20-6)17-15(4)11-13(2)12-16(17)5/h11-12,14,18-19H,7-10H2,1-6H3. The van der Waals surface area contributed by atoms with Gasteiger partial charge in [0.05, 0.1) is 0 Å². The first kappa shape index (κ1) is 17.2. The zero-order valence-corrected chi connectivity index (χ0v) is 14.0. The van der Waals surface area contributed by atoms with Crippen molar-refractivity contribution in [1.29, 1.82) is 0 Å². The van der Waals surface area contributed by atoms with Gasteiger partial charge in [-0.1, -0.05) is 31.5 Å². The highest BCUT2D eigenvalue weighted by Gasteiger charge is 2.22. The number of benzene rings is 1. The van der Waals surface area contributed by atoms with Gasteiger partial charge in [0.25, 0.3) is 0 Å². The van der Waals surface area contributed by atoms with Gasteiger partial charge >= 0.3 is 0 Å². The minimum atomic E-state index is 0.422. The average molecular weight is 277 g/mol. The molecule has 0 amide bonds. The zero-order valence-electron chi connectivity index (χ0n) is 14.0. The normalized spacial score (nSPS) is 14.3. The Hall–Kier alpha value is -0.860. The smallest absolute Gasteiger partial charge is 0.0465 e. The molecular weight excluding hydrogens is 246 g/mol. The topological polar surface area (TPSA) is 21.3 Å². The molecule has 1 aromatic carbocycles. The van der Waals surface area contributed by atoms with Crippen molar-refractivity contribution in [3.63, 3.8) is 0 Å². The van der Waals surface area contributed by atoms with Crippen LogP contribution >= 0.6 is 0 Å². The molecule has 0 fully saturated rings. The van der Waals surface area contributed by atoms with Gasteiger partial charge in [-0.25, -0.2) is 0 Å². The van der Waals surface area contributed by atoms with Crippen molar-refractivity contribution < 1.29 is 4.74 Å². The van der Waals surface area contributed by atoms with Gasteiger partial charge in [-0.15, -0.1) is 0 Å². The van der Waals surface area contributed by atoms with E-state index in [2.05, 4.69) is 52.1 Å². The van der Waals surface area contributed by atoms with Gasteiger partial charge in [0.2, 0.25) is 0 Å². The highest BCUT2D eigenvalue weighted by molar-refractivity contribution is 5.40. The Kier molecular flexibility index (Phi) is 7.25. The van der Waals surface area contributed by atoms with E-state index in [1.165, 1.54) is 22.3 Å². The predicted octanol–water partition coefficient (Wildman–Crippen LogP) is 4.33. The minimum Gasteiger partial charge on any atom is -0.385 e. The highest BCUT2D eigenvalue weighted by Crippen LogP contribution is 2.30. The van der Waals surface area contributed by atoms with Crippen molar-refractivity contribution in [3.8, 4) is 0 Å². The fraction of sp³-hybridized carbons (Fsp3) is 0.667. The lowest BCUT2D eigenvalue weighted by Gasteiger charge is -2.29. The van der Waals surface area contributed by atoms with E-state index in [9.17, 15) is 0 Å². The highest BCUT2D eigenvalue weighted by atomic mass is 16.5. The second-order valence-electron chi connectivity index (χ2n) is 6.00. The van der Waals surface area contributed by atoms with Gasteiger partial charge in [0.1, 0.15) is 0 Å². The van der Waals surface area contributed by atoms with Crippen molar-refractivity contribution in [3.05, 3.63) is 34.4 Å². The van der Waals surface area contributed by atoms with Gasteiger partial charge < -0.3 is 10.1 Å². The molecule has 0 heterocycles. The average Bonchev–Trinajstić information content (AvgIpc) is 2.38. The van der Waals surface area contributed by atoms with E-state index < -0.39 is 0 Å².